The Morgan fingerprint density at radius 3 is 2.56 bits per heavy atom. The van der Waals surface area contributed by atoms with Gasteiger partial charge in [-0.3, -0.25) is 9.20 Å². The predicted octanol–water partition coefficient (Wildman–Crippen LogP) is 5.52. The van der Waals surface area contributed by atoms with Crippen molar-refractivity contribution in [1.82, 2.24) is 9.38 Å². The van der Waals surface area contributed by atoms with E-state index in [-0.39, 0.29) is 12.4 Å². The molecule has 7 heteroatoms. The predicted molar refractivity (Wildman–Crippen MR) is 132 cm³/mol. The molecule has 0 atom stereocenters. The topological polar surface area (TPSA) is 81.6 Å². The maximum atomic E-state index is 14.3. The molecule has 0 unspecified atom stereocenters. The number of anilines is 2. The molecule has 0 radical (unpaired) electrons. The van der Waals surface area contributed by atoms with Crippen LogP contribution >= 0.6 is 0 Å². The first-order valence-electron chi connectivity index (χ1n) is 10.9. The van der Waals surface area contributed by atoms with Crippen molar-refractivity contribution in [2.45, 2.75) is 13.8 Å². The van der Waals surface area contributed by atoms with Crippen LogP contribution in [0.1, 0.15) is 11.1 Å². The molecule has 0 spiro atoms. The lowest BCUT2D eigenvalue weighted by Crippen LogP contribution is -2.20. The number of nitrogens with two attached hydrogens (primary N) is 1. The summed E-state index contributed by atoms with van der Waals surface area (Å²) in [7, 11) is 0. The number of hydrogen-bond acceptors (Lipinski definition) is 4. The van der Waals surface area contributed by atoms with Crippen LogP contribution < -0.4 is 15.8 Å². The number of para-hydroxylation sites is 1. The maximum Gasteiger partial charge on any atom is 0.255 e. The summed E-state index contributed by atoms with van der Waals surface area (Å²) in [6, 6.07) is 20.6. The lowest BCUT2D eigenvalue weighted by Gasteiger charge is -2.16. The number of nitrogens with zero attached hydrogens (tertiary/aromatic N) is 2. The van der Waals surface area contributed by atoms with Gasteiger partial charge in [0.25, 0.3) is 5.91 Å². The van der Waals surface area contributed by atoms with Crippen molar-refractivity contribution >= 4 is 33.8 Å². The molecule has 0 saturated heterocycles. The number of primary amides is 1. The zero-order valence-electron chi connectivity index (χ0n) is 18.8. The Balaban J connectivity index is 1.82. The summed E-state index contributed by atoms with van der Waals surface area (Å²) in [5.74, 6) is 0.0901. The molecule has 0 aliphatic heterocycles. The van der Waals surface area contributed by atoms with Gasteiger partial charge in [0, 0.05) is 11.9 Å². The fourth-order valence-corrected chi connectivity index (χ4v) is 4.21. The largest absolute Gasteiger partial charge is 0.483 e. The number of carbonyl (C=O) groups is 1. The van der Waals surface area contributed by atoms with Crippen molar-refractivity contribution in [3.8, 4) is 17.0 Å². The minimum Gasteiger partial charge on any atom is -0.483 e. The number of rotatable bonds is 6. The fraction of sp³-hybridized carbons (Fsp3) is 0.111. The summed E-state index contributed by atoms with van der Waals surface area (Å²) >= 11 is 0. The van der Waals surface area contributed by atoms with Gasteiger partial charge in [0.15, 0.2) is 6.61 Å². The molecule has 170 valence electrons. The number of ether oxygens (including phenoxy) is 1. The third kappa shape index (κ3) is 3.81. The van der Waals surface area contributed by atoms with E-state index in [1.807, 2.05) is 62.4 Å². The normalized spacial score (nSPS) is 11.1. The third-order valence-electron chi connectivity index (χ3n) is 5.80. The monoisotopic (exact) mass is 454 g/mol. The highest BCUT2D eigenvalue weighted by Gasteiger charge is 2.22. The number of aromatic nitrogens is 2. The van der Waals surface area contributed by atoms with Crippen LogP contribution in [0.25, 0.3) is 27.7 Å². The molecule has 0 aliphatic rings. The molecular formula is C27H23FN4O2. The lowest BCUT2D eigenvalue weighted by atomic mass is 10.0. The van der Waals surface area contributed by atoms with Gasteiger partial charge in [0.2, 0.25) is 0 Å². The van der Waals surface area contributed by atoms with E-state index >= 15 is 0 Å². The van der Waals surface area contributed by atoms with Crippen LogP contribution in [0, 0.1) is 19.7 Å². The van der Waals surface area contributed by atoms with Crippen LogP contribution in [-0.2, 0) is 4.79 Å². The zero-order valence-corrected chi connectivity index (χ0v) is 18.8. The molecule has 0 fully saturated rings. The van der Waals surface area contributed by atoms with Crippen molar-refractivity contribution in [3.63, 3.8) is 0 Å². The number of halogens is 1. The van der Waals surface area contributed by atoms with Gasteiger partial charge in [-0.25, -0.2) is 9.37 Å². The quantitative estimate of drug-likeness (QED) is 0.354. The Morgan fingerprint density at radius 1 is 1.03 bits per heavy atom. The summed E-state index contributed by atoms with van der Waals surface area (Å²) in [6.07, 6.45) is 1.40. The minimum atomic E-state index is -0.579. The molecule has 5 rings (SSSR count). The Hall–Kier alpha value is -4.39. The van der Waals surface area contributed by atoms with Gasteiger partial charge in [0.05, 0.1) is 5.56 Å². The Labute approximate surface area is 195 Å². The van der Waals surface area contributed by atoms with Crippen LogP contribution in [0.3, 0.4) is 0 Å². The number of imidazole rings is 1. The number of fused-ring (bicyclic) bond motifs is 2. The second kappa shape index (κ2) is 8.51. The number of hydrogen-bond donors (Lipinski definition) is 2. The number of pyridine rings is 1. The lowest BCUT2D eigenvalue weighted by molar-refractivity contribution is -0.119. The number of carbonyl (C=O) groups excluding carboxylic acids is 1. The Morgan fingerprint density at radius 2 is 1.79 bits per heavy atom. The van der Waals surface area contributed by atoms with Gasteiger partial charge in [-0.2, -0.15) is 0 Å². The molecule has 2 aromatic heterocycles. The van der Waals surface area contributed by atoms with E-state index in [0.717, 1.165) is 27.6 Å². The van der Waals surface area contributed by atoms with Crippen molar-refractivity contribution in [3.05, 3.63) is 89.9 Å². The van der Waals surface area contributed by atoms with Crippen LogP contribution in [0.15, 0.2) is 72.9 Å². The second-order valence-electron chi connectivity index (χ2n) is 8.19. The van der Waals surface area contributed by atoms with Crippen molar-refractivity contribution in [2.75, 3.05) is 11.9 Å². The average molecular weight is 455 g/mol. The summed E-state index contributed by atoms with van der Waals surface area (Å²) in [5.41, 5.74) is 10.2. The van der Waals surface area contributed by atoms with E-state index in [4.69, 9.17) is 15.5 Å². The molecule has 1 amide bonds. The van der Waals surface area contributed by atoms with Crippen molar-refractivity contribution in [1.29, 1.82) is 0 Å². The van der Waals surface area contributed by atoms with E-state index in [9.17, 15) is 9.18 Å². The average Bonchev–Trinajstić information content (AvgIpc) is 3.16. The second-order valence-corrected chi connectivity index (χ2v) is 8.19. The van der Waals surface area contributed by atoms with Gasteiger partial charge in [-0.05, 0) is 53.9 Å². The standard InChI is InChI=1S/C27H23FN4O2/c1-16-6-5-7-17(2)25(16)31-27-26(30-23-13-11-19(28)14-32(23)27)24-20-9-4-3-8-18(20)10-12-21(24)34-15-22(29)33/h3-14,31H,15H2,1-2H3,(H2,29,33). The smallest absolute Gasteiger partial charge is 0.255 e. The van der Waals surface area contributed by atoms with Crippen LogP contribution in [0.4, 0.5) is 15.9 Å². The number of nitrogens with one attached hydrogen (secondary N) is 1. The van der Waals surface area contributed by atoms with E-state index in [0.29, 0.717) is 28.5 Å². The molecular weight excluding hydrogens is 431 g/mol. The van der Waals surface area contributed by atoms with E-state index in [1.54, 1.807) is 16.5 Å². The molecule has 3 N–H and O–H groups in total. The zero-order chi connectivity index (χ0) is 23.8. The van der Waals surface area contributed by atoms with Gasteiger partial charge < -0.3 is 15.8 Å². The van der Waals surface area contributed by atoms with E-state index in [2.05, 4.69) is 5.32 Å². The molecule has 0 bridgehead atoms. The van der Waals surface area contributed by atoms with Crippen LogP contribution in [0.5, 0.6) is 5.75 Å². The van der Waals surface area contributed by atoms with Crippen molar-refractivity contribution < 1.29 is 13.9 Å². The van der Waals surface area contributed by atoms with E-state index < -0.39 is 5.91 Å². The van der Waals surface area contributed by atoms with Gasteiger partial charge in [-0.1, -0.05) is 48.5 Å². The fourth-order valence-electron chi connectivity index (χ4n) is 4.21. The summed E-state index contributed by atoms with van der Waals surface area (Å²) in [6.45, 7) is 3.75. The third-order valence-corrected chi connectivity index (χ3v) is 5.80. The molecule has 6 nitrogen and oxygen atoms in total. The molecule has 34 heavy (non-hydrogen) atoms. The van der Waals surface area contributed by atoms with Crippen molar-refractivity contribution in [2.24, 2.45) is 5.73 Å². The Kier molecular flexibility index (Phi) is 5.37. The molecule has 3 aromatic carbocycles. The molecule has 5 aromatic rings. The first-order valence-corrected chi connectivity index (χ1v) is 10.9. The van der Waals surface area contributed by atoms with Gasteiger partial charge >= 0.3 is 0 Å². The number of amides is 1. The van der Waals surface area contributed by atoms with Crippen LogP contribution in [-0.4, -0.2) is 21.9 Å². The van der Waals surface area contributed by atoms with Gasteiger partial charge in [0.1, 0.15) is 28.7 Å². The maximum absolute atomic E-state index is 14.3. The summed E-state index contributed by atoms with van der Waals surface area (Å²) in [4.78, 5) is 16.3. The highest BCUT2D eigenvalue weighted by Crippen LogP contribution is 2.42. The number of aryl methyl sites for hydroxylation is 2. The van der Waals surface area contributed by atoms with Gasteiger partial charge in [-0.15, -0.1) is 0 Å². The Bertz CT molecular complexity index is 1540. The van der Waals surface area contributed by atoms with E-state index in [1.165, 1.54) is 12.3 Å². The van der Waals surface area contributed by atoms with Crippen LogP contribution in [0.2, 0.25) is 0 Å². The highest BCUT2D eigenvalue weighted by molar-refractivity contribution is 6.02. The molecule has 0 aliphatic carbocycles. The number of benzene rings is 3. The SMILES string of the molecule is Cc1cccc(C)c1Nc1c(-c2c(OCC(N)=O)ccc3ccccc23)nc2ccc(F)cn12. The molecule has 0 saturated carbocycles. The first kappa shape index (κ1) is 21.5. The first-order chi connectivity index (χ1) is 16.4. The summed E-state index contributed by atoms with van der Waals surface area (Å²) in [5, 5.41) is 5.37. The summed E-state index contributed by atoms with van der Waals surface area (Å²) < 4.78 is 21.8. The highest BCUT2D eigenvalue weighted by atomic mass is 19.1. The minimum absolute atomic E-state index is 0.271. The molecule has 2 heterocycles.